The minimum absolute atomic E-state index is 0.367. The summed E-state index contributed by atoms with van der Waals surface area (Å²) in [7, 11) is 1.46. The van der Waals surface area contributed by atoms with E-state index in [-0.39, 0.29) is 0 Å². The first-order valence-electron chi connectivity index (χ1n) is 3.94. The summed E-state index contributed by atoms with van der Waals surface area (Å²) >= 11 is 0. The predicted molar refractivity (Wildman–Crippen MR) is 52.1 cm³/mol. The van der Waals surface area contributed by atoms with Gasteiger partial charge in [-0.05, 0) is 5.56 Å². The van der Waals surface area contributed by atoms with Crippen LogP contribution >= 0.6 is 0 Å². The van der Waals surface area contributed by atoms with Gasteiger partial charge in [0.1, 0.15) is 7.11 Å². The Labute approximate surface area is 77.2 Å². The molecular weight excluding hydrogens is 166 g/mol. The van der Waals surface area contributed by atoms with Crippen LogP contribution in [0.5, 0.6) is 0 Å². The van der Waals surface area contributed by atoms with E-state index in [2.05, 4.69) is 9.99 Å². The molecule has 0 radical (unpaired) electrons. The van der Waals surface area contributed by atoms with Gasteiger partial charge in [0.05, 0.1) is 0 Å². The molecule has 0 aromatic heterocycles. The molecule has 1 rings (SSSR count). The van der Waals surface area contributed by atoms with Crippen LogP contribution in [0, 0.1) is 0 Å². The number of nitrogens with zero attached hydrogens (tertiary/aromatic N) is 1. The third-order valence-corrected chi connectivity index (χ3v) is 1.68. The van der Waals surface area contributed by atoms with E-state index in [9.17, 15) is 0 Å². The van der Waals surface area contributed by atoms with Crippen LogP contribution in [0.4, 0.5) is 0 Å². The fourth-order valence-electron chi connectivity index (χ4n) is 0.963. The highest BCUT2D eigenvalue weighted by atomic mass is 16.6. The van der Waals surface area contributed by atoms with Crippen molar-refractivity contribution in [2.45, 2.75) is 6.54 Å². The lowest BCUT2D eigenvalue weighted by Crippen LogP contribution is -2.13. The lowest BCUT2D eigenvalue weighted by Gasteiger charge is -2.00. The van der Waals surface area contributed by atoms with E-state index in [0.717, 1.165) is 11.1 Å². The number of hydrogen-bond donors (Lipinski definition) is 2. The standard InChI is InChI=1S/C9H13N3O/c1-13-12-9(11)8-4-2-7(6-10)3-5-8/h2-5H,6,10H2,1H3,(H2,11,12). The molecule has 0 fully saturated rings. The minimum atomic E-state index is 0.367. The van der Waals surface area contributed by atoms with Crippen molar-refractivity contribution in [3.8, 4) is 0 Å². The van der Waals surface area contributed by atoms with Crippen LogP contribution in [0.15, 0.2) is 29.4 Å². The van der Waals surface area contributed by atoms with E-state index in [1.165, 1.54) is 7.11 Å². The Morgan fingerprint density at radius 3 is 2.46 bits per heavy atom. The van der Waals surface area contributed by atoms with Crippen molar-refractivity contribution in [2.24, 2.45) is 16.6 Å². The van der Waals surface area contributed by atoms with E-state index >= 15 is 0 Å². The highest BCUT2D eigenvalue weighted by Gasteiger charge is 1.97. The molecule has 0 atom stereocenters. The number of rotatable bonds is 3. The Balaban J connectivity index is 2.85. The van der Waals surface area contributed by atoms with E-state index in [1.807, 2.05) is 24.3 Å². The van der Waals surface area contributed by atoms with Crippen LogP contribution < -0.4 is 11.5 Å². The van der Waals surface area contributed by atoms with Crippen LogP contribution in [0.2, 0.25) is 0 Å². The Hall–Kier alpha value is -1.55. The smallest absolute Gasteiger partial charge is 0.170 e. The monoisotopic (exact) mass is 179 g/mol. The maximum Gasteiger partial charge on any atom is 0.170 e. The Bertz CT molecular complexity index is 292. The lowest BCUT2D eigenvalue weighted by molar-refractivity contribution is 0.213. The van der Waals surface area contributed by atoms with Gasteiger partial charge in [-0.1, -0.05) is 29.4 Å². The molecule has 13 heavy (non-hydrogen) atoms. The molecule has 0 spiro atoms. The highest BCUT2D eigenvalue weighted by molar-refractivity contribution is 5.97. The van der Waals surface area contributed by atoms with Crippen molar-refractivity contribution in [3.05, 3.63) is 35.4 Å². The fraction of sp³-hybridized carbons (Fsp3) is 0.222. The van der Waals surface area contributed by atoms with Crippen molar-refractivity contribution < 1.29 is 4.84 Å². The van der Waals surface area contributed by atoms with Gasteiger partial charge in [0, 0.05) is 12.1 Å². The first-order chi connectivity index (χ1) is 6.27. The van der Waals surface area contributed by atoms with Gasteiger partial charge in [0.25, 0.3) is 0 Å². The lowest BCUT2D eigenvalue weighted by atomic mass is 10.1. The van der Waals surface area contributed by atoms with E-state index in [4.69, 9.17) is 11.5 Å². The summed E-state index contributed by atoms with van der Waals surface area (Å²) in [6.07, 6.45) is 0. The van der Waals surface area contributed by atoms with E-state index in [0.29, 0.717) is 12.4 Å². The first kappa shape index (κ1) is 9.54. The molecular formula is C9H13N3O. The van der Waals surface area contributed by atoms with Crippen molar-refractivity contribution in [1.29, 1.82) is 0 Å². The molecule has 4 nitrogen and oxygen atoms in total. The van der Waals surface area contributed by atoms with Crippen LogP contribution in [0.3, 0.4) is 0 Å². The van der Waals surface area contributed by atoms with Gasteiger partial charge in [0.15, 0.2) is 5.84 Å². The third kappa shape index (κ3) is 2.45. The molecule has 0 bridgehead atoms. The second-order valence-electron chi connectivity index (χ2n) is 2.56. The third-order valence-electron chi connectivity index (χ3n) is 1.68. The second kappa shape index (κ2) is 4.47. The topological polar surface area (TPSA) is 73.6 Å². The summed E-state index contributed by atoms with van der Waals surface area (Å²) < 4.78 is 0. The molecule has 1 aromatic carbocycles. The molecule has 0 aliphatic carbocycles. The van der Waals surface area contributed by atoms with Crippen molar-refractivity contribution >= 4 is 5.84 Å². The number of amidine groups is 1. The van der Waals surface area contributed by atoms with Gasteiger partial charge in [-0.25, -0.2) is 0 Å². The van der Waals surface area contributed by atoms with Crippen molar-refractivity contribution in [3.63, 3.8) is 0 Å². The zero-order chi connectivity index (χ0) is 9.68. The van der Waals surface area contributed by atoms with E-state index < -0.39 is 0 Å². The maximum atomic E-state index is 5.59. The highest BCUT2D eigenvalue weighted by Crippen LogP contribution is 2.03. The molecule has 70 valence electrons. The molecule has 4 heteroatoms. The molecule has 0 unspecified atom stereocenters. The quantitative estimate of drug-likeness (QED) is 0.401. The van der Waals surface area contributed by atoms with Gasteiger partial charge in [0.2, 0.25) is 0 Å². The second-order valence-corrected chi connectivity index (χ2v) is 2.56. The largest absolute Gasteiger partial charge is 0.397 e. The Morgan fingerprint density at radius 2 is 2.00 bits per heavy atom. The van der Waals surface area contributed by atoms with Crippen LogP contribution in [0.25, 0.3) is 0 Å². The zero-order valence-corrected chi connectivity index (χ0v) is 7.53. The summed E-state index contributed by atoms with van der Waals surface area (Å²) in [5, 5.41) is 3.61. The molecule has 4 N–H and O–H groups in total. The Kier molecular flexibility index (Phi) is 3.28. The molecule has 0 aliphatic rings. The Morgan fingerprint density at radius 1 is 1.38 bits per heavy atom. The summed E-state index contributed by atoms with van der Waals surface area (Å²) in [6, 6.07) is 7.54. The zero-order valence-electron chi connectivity index (χ0n) is 7.53. The first-order valence-corrected chi connectivity index (χ1v) is 3.94. The molecule has 0 amide bonds. The number of oxime groups is 1. The van der Waals surface area contributed by atoms with Gasteiger partial charge in [-0.3, -0.25) is 0 Å². The average Bonchev–Trinajstić information content (AvgIpc) is 2.18. The summed E-state index contributed by atoms with van der Waals surface area (Å²) in [4.78, 5) is 4.55. The normalized spacial score (nSPS) is 11.4. The van der Waals surface area contributed by atoms with Crippen molar-refractivity contribution in [1.82, 2.24) is 0 Å². The van der Waals surface area contributed by atoms with Gasteiger partial charge in [-0.15, -0.1) is 0 Å². The molecule has 0 aliphatic heterocycles. The number of hydrogen-bond acceptors (Lipinski definition) is 3. The maximum absolute atomic E-state index is 5.59. The summed E-state index contributed by atoms with van der Waals surface area (Å²) in [6.45, 7) is 0.529. The summed E-state index contributed by atoms with van der Waals surface area (Å²) in [5.74, 6) is 0.367. The molecule has 0 saturated carbocycles. The van der Waals surface area contributed by atoms with Crippen LogP contribution in [0.1, 0.15) is 11.1 Å². The SMILES string of the molecule is CO/N=C(\N)c1ccc(CN)cc1. The van der Waals surface area contributed by atoms with Gasteiger partial charge >= 0.3 is 0 Å². The molecule has 0 heterocycles. The number of benzene rings is 1. The van der Waals surface area contributed by atoms with Crippen LogP contribution in [-0.4, -0.2) is 12.9 Å². The average molecular weight is 179 g/mol. The van der Waals surface area contributed by atoms with Crippen LogP contribution in [-0.2, 0) is 11.4 Å². The molecule has 1 aromatic rings. The van der Waals surface area contributed by atoms with E-state index in [1.54, 1.807) is 0 Å². The predicted octanol–water partition coefficient (Wildman–Crippen LogP) is 0.412. The molecule has 0 saturated heterocycles. The van der Waals surface area contributed by atoms with Gasteiger partial charge < -0.3 is 16.3 Å². The summed E-state index contributed by atoms with van der Waals surface area (Å²) in [5.41, 5.74) is 12.9. The minimum Gasteiger partial charge on any atom is -0.397 e. The van der Waals surface area contributed by atoms with Crippen molar-refractivity contribution in [2.75, 3.05) is 7.11 Å². The van der Waals surface area contributed by atoms with Gasteiger partial charge in [-0.2, -0.15) is 0 Å². The fourth-order valence-corrected chi connectivity index (χ4v) is 0.963. The number of nitrogens with two attached hydrogens (primary N) is 2.